The van der Waals surface area contributed by atoms with Gasteiger partial charge in [-0.25, -0.2) is 9.97 Å². The highest BCUT2D eigenvalue weighted by Gasteiger charge is 2.11. The van der Waals surface area contributed by atoms with Crippen molar-refractivity contribution in [3.8, 4) is 17.1 Å². The van der Waals surface area contributed by atoms with E-state index in [1.54, 1.807) is 12.5 Å². The number of ether oxygens (including phenoxy) is 3. The smallest absolute Gasteiger partial charge is 0.227 e. The number of anilines is 1. The summed E-state index contributed by atoms with van der Waals surface area (Å²) in [5.74, 6) is 0.543. The van der Waals surface area contributed by atoms with E-state index >= 15 is 0 Å². The molecule has 2 heterocycles. The second kappa shape index (κ2) is 8.93. The Morgan fingerprint density at radius 1 is 1.08 bits per heavy atom. The van der Waals surface area contributed by atoms with Crippen LogP contribution in [0.25, 0.3) is 11.3 Å². The van der Waals surface area contributed by atoms with Gasteiger partial charge in [0.15, 0.2) is 0 Å². The first-order valence-corrected chi connectivity index (χ1v) is 8.14. The van der Waals surface area contributed by atoms with Crippen LogP contribution in [0.3, 0.4) is 0 Å². The van der Waals surface area contributed by atoms with Crippen LogP contribution in [0, 0.1) is 0 Å². The molecule has 26 heavy (non-hydrogen) atoms. The van der Waals surface area contributed by atoms with E-state index in [9.17, 15) is 0 Å². The summed E-state index contributed by atoms with van der Waals surface area (Å²) >= 11 is 0. The summed E-state index contributed by atoms with van der Waals surface area (Å²) < 4.78 is 18.2. The van der Waals surface area contributed by atoms with Gasteiger partial charge in [-0.1, -0.05) is 30.3 Å². The highest BCUT2D eigenvalue weighted by molar-refractivity contribution is 5.63. The van der Waals surface area contributed by atoms with Gasteiger partial charge in [0.2, 0.25) is 11.8 Å². The predicted octanol–water partition coefficient (Wildman–Crippen LogP) is 2.12. The molecule has 3 rings (SSSR count). The number of hydrogen-bond donors (Lipinski definition) is 1. The second-order valence-electron chi connectivity index (χ2n) is 5.50. The third-order valence-electron chi connectivity index (χ3n) is 3.60. The van der Waals surface area contributed by atoms with Gasteiger partial charge in [-0.3, -0.25) is 0 Å². The summed E-state index contributed by atoms with van der Waals surface area (Å²) in [6.45, 7) is 1.97. The van der Waals surface area contributed by atoms with Gasteiger partial charge in [0.1, 0.15) is 6.73 Å². The van der Waals surface area contributed by atoms with Gasteiger partial charge in [-0.05, 0) is 5.56 Å². The van der Waals surface area contributed by atoms with Gasteiger partial charge in [-0.2, -0.15) is 4.98 Å². The largest absolute Gasteiger partial charge is 0.480 e. The van der Waals surface area contributed by atoms with Crippen LogP contribution in [-0.4, -0.2) is 39.8 Å². The number of benzene rings is 1. The Hall–Kier alpha value is -2.97. The molecule has 136 valence electrons. The molecule has 0 saturated heterocycles. The van der Waals surface area contributed by atoms with Crippen molar-refractivity contribution in [3.05, 3.63) is 54.6 Å². The molecule has 0 saturated carbocycles. The monoisotopic (exact) mass is 355 g/mol. The van der Waals surface area contributed by atoms with Crippen molar-refractivity contribution >= 4 is 5.95 Å². The molecule has 0 amide bonds. The summed E-state index contributed by atoms with van der Waals surface area (Å²) in [5.41, 5.74) is 8.07. The van der Waals surface area contributed by atoms with Crippen molar-refractivity contribution in [2.45, 2.75) is 13.3 Å². The topological polar surface area (TPSA) is 97.3 Å². The third kappa shape index (κ3) is 4.78. The van der Waals surface area contributed by atoms with Crippen LogP contribution >= 0.6 is 0 Å². The maximum absolute atomic E-state index is 5.60. The molecule has 0 radical (unpaired) electrons. The normalized spacial score (nSPS) is 10.8. The number of methoxy groups -OCH3 is 1. The van der Waals surface area contributed by atoms with Crippen molar-refractivity contribution in [1.82, 2.24) is 19.5 Å². The molecule has 0 unspecified atom stereocenters. The maximum Gasteiger partial charge on any atom is 0.227 e. The lowest BCUT2D eigenvalue weighted by Gasteiger charge is -2.06. The number of aromatic nitrogens is 4. The van der Waals surface area contributed by atoms with Crippen molar-refractivity contribution in [1.29, 1.82) is 0 Å². The van der Waals surface area contributed by atoms with Crippen LogP contribution in [0.15, 0.2) is 49.1 Å². The number of imidazole rings is 1. The molecule has 2 N–H and O–H groups in total. The maximum atomic E-state index is 5.60. The van der Waals surface area contributed by atoms with Gasteiger partial charge < -0.3 is 24.5 Å². The molecule has 0 spiro atoms. The van der Waals surface area contributed by atoms with Crippen molar-refractivity contribution in [2.24, 2.45) is 0 Å². The zero-order valence-corrected chi connectivity index (χ0v) is 14.5. The first kappa shape index (κ1) is 17.8. The van der Waals surface area contributed by atoms with Crippen LogP contribution in [0.1, 0.15) is 5.56 Å². The van der Waals surface area contributed by atoms with E-state index in [2.05, 4.69) is 15.0 Å². The van der Waals surface area contributed by atoms with E-state index in [0.29, 0.717) is 43.7 Å². The summed E-state index contributed by atoms with van der Waals surface area (Å²) in [5, 5.41) is 0. The van der Waals surface area contributed by atoms with Crippen LogP contribution in [0.5, 0.6) is 5.88 Å². The number of nitrogens with zero attached hydrogens (tertiary/aromatic N) is 4. The lowest BCUT2D eigenvalue weighted by atomic mass is 10.2. The van der Waals surface area contributed by atoms with E-state index in [1.807, 2.05) is 41.1 Å². The number of rotatable bonds is 9. The fourth-order valence-corrected chi connectivity index (χ4v) is 2.33. The van der Waals surface area contributed by atoms with Crippen LogP contribution in [-0.2, 0) is 22.8 Å². The molecular formula is C18H21N5O3. The molecule has 0 atom stereocenters. The summed E-state index contributed by atoms with van der Waals surface area (Å²) in [6, 6.07) is 10.0. The van der Waals surface area contributed by atoms with E-state index in [1.165, 1.54) is 7.11 Å². The fourth-order valence-electron chi connectivity index (χ4n) is 2.33. The molecule has 8 nitrogen and oxygen atoms in total. The number of nitrogens with two attached hydrogens (primary N) is 1. The van der Waals surface area contributed by atoms with Gasteiger partial charge in [0, 0.05) is 12.4 Å². The van der Waals surface area contributed by atoms with Gasteiger partial charge in [0.05, 0.1) is 44.5 Å². The molecule has 2 aromatic heterocycles. The summed E-state index contributed by atoms with van der Waals surface area (Å²) in [7, 11) is 1.53. The Balaban J connectivity index is 1.44. The molecule has 0 bridgehead atoms. The first-order valence-electron chi connectivity index (χ1n) is 8.14. The molecule has 0 fully saturated rings. The van der Waals surface area contributed by atoms with Gasteiger partial charge in [-0.15, -0.1) is 0 Å². The Bertz CT molecular complexity index is 823. The SMILES string of the molecule is COc1nc(N)ncc1-c1cn(COCCOCc2ccccc2)cn1. The molecule has 0 aliphatic carbocycles. The first-order chi connectivity index (χ1) is 12.8. The summed E-state index contributed by atoms with van der Waals surface area (Å²) in [6.07, 6.45) is 5.10. The molecular weight excluding hydrogens is 334 g/mol. The quantitative estimate of drug-likeness (QED) is 0.587. The third-order valence-corrected chi connectivity index (χ3v) is 3.60. The highest BCUT2D eigenvalue weighted by atomic mass is 16.5. The van der Waals surface area contributed by atoms with E-state index in [4.69, 9.17) is 19.9 Å². The zero-order chi connectivity index (χ0) is 18.2. The van der Waals surface area contributed by atoms with Crippen molar-refractivity contribution in [3.63, 3.8) is 0 Å². The minimum Gasteiger partial charge on any atom is -0.480 e. The molecule has 0 aliphatic rings. The molecule has 0 aliphatic heterocycles. The standard InChI is InChI=1S/C18H21N5O3/c1-24-17-15(9-20-18(19)22-17)16-10-23(12-21-16)13-26-8-7-25-11-14-5-3-2-4-6-14/h2-6,9-10,12H,7-8,11,13H2,1H3,(H2,19,20,22). The zero-order valence-electron chi connectivity index (χ0n) is 14.5. The average molecular weight is 355 g/mol. The fraction of sp³-hybridized carbons (Fsp3) is 0.278. The van der Waals surface area contributed by atoms with Crippen LogP contribution < -0.4 is 10.5 Å². The highest BCUT2D eigenvalue weighted by Crippen LogP contribution is 2.26. The van der Waals surface area contributed by atoms with E-state index < -0.39 is 0 Å². The van der Waals surface area contributed by atoms with Gasteiger partial charge in [0.25, 0.3) is 0 Å². The minimum atomic E-state index is 0.156. The predicted molar refractivity (Wildman–Crippen MR) is 96.3 cm³/mol. The Labute approximate surface area is 151 Å². The van der Waals surface area contributed by atoms with Crippen LogP contribution in [0.4, 0.5) is 5.95 Å². The lowest BCUT2D eigenvalue weighted by molar-refractivity contribution is 0.0136. The lowest BCUT2D eigenvalue weighted by Crippen LogP contribution is -2.07. The minimum absolute atomic E-state index is 0.156. The second-order valence-corrected chi connectivity index (χ2v) is 5.50. The van der Waals surface area contributed by atoms with Crippen LogP contribution in [0.2, 0.25) is 0 Å². The van der Waals surface area contributed by atoms with Crippen molar-refractivity contribution in [2.75, 3.05) is 26.1 Å². The van der Waals surface area contributed by atoms with Gasteiger partial charge >= 0.3 is 0 Å². The molecule has 3 aromatic rings. The Morgan fingerprint density at radius 2 is 1.88 bits per heavy atom. The molecule has 1 aromatic carbocycles. The van der Waals surface area contributed by atoms with Crippen molar-refractivity contribution < 1.29 is 14.2 Å². The van der Waals surface area contributed by atoms with E-state index in [0.717, 1.165) is 5.56 Å². The Morgan fingerprint density at radius 3 is 2.69 bits per heavy atom. The number of hydrogen-bond acceptors (Lipinski definition) is 7. The Kier molecular flexibility index (Phi) is 6.13. The summed E-state index contributed by atoms with van der Waals surface area (Å²) in [4.78, 5) is 12.4. The molecule has 8 heteroatoms. The average Bonchev–Trinajstić information content (AvgIpc) is 3.14. The van der Waals surface area contributed by atoms with E-state index in [-0.39, 0.29) is 5.95 Å². The number of nitrogen functional groups attached to an aromatic ring is 1.